The lowest BCUT2D eigenvalue weighted by Crippen LogP contribution is -2.28. The highest BCUT2D eigenvalue weighted by atomic mass is 16.6. The van der Waals surface area contributed by atoms with Crippen molar-refractivity contribution in [2.24, 2.45) is 0 Å². The minimum atomic E-state index is -0.564. The summed E-state index contributed by atoms with van der Waals surface area (Å²) in [6.07, 6.45) is 2.60. The molecule has 0 aliphatic rings. The average Bonchev–Trinajstić information content (AvgIpc) is 2.58. The van der Waals surface area contributed by atoms with Gasteiger partial charge in [-0.15, -0.1) is 0 Å². The van der Waals surface area contributed by atoms with Gasteiger partial charge >= 0.3 is 6.09 Å². The van der Waals surface area contributed by atoms with E-state index in [2.05, 4.69) is 15.6 Å². The summed E-state index contributed by atoms with van der Waals surface area (Å²) in [6.45, 7) is 6.04. The molecule has 2 rings (SSSR count). The minimum absolute atomic E-state index is 0.184. The zero-order chi connectivity index (χ0) is 19.0. The molecule has 0 atom stereocenters. The molecular weight excluding hydrogens is 334 g/mol. The summed E-state index contributed by atoms with van der Waals surface area (Å²) in [5.41, 5.74) is 0.548. The topological polar surface area (TPSA) is 89.5 Å². The summed E-state index contributed by atoms with van der Waals surface area (Å²) in [6, 6.07) is 10.2. The fourth-order valence-corrected chi connectivity index (χ4v) is 2.02. The number of hydrogen-bond donors (Lipinski definition) is 2. The molecule has 1 aromatic carbocycles. The van der Waals surface area contributed by atoms with E-state index in [9.17, 15) is 9.59 Å². The number of nitrogens with one attached hydrogen (secondary N) is 2. The Hall–Kier alpha value is -3.09. The highest BCUT2D eigenvalue weighted by Gasteiger charge is 2.16. The molecule has 0 aliphatic heterocycles. The largest absolute Gasteiger partial charge is 0.492 e. The fourth-order valence-electron chi connectivity index (χ4n) is 2.02. The molecule has 7 heteroatoms. The molecule has 2 amide bonds. The summed E-state index contributed by atoms with van der Waals surface area (Å²) in [4.78, 5) is 27.5. The van der Waals surface area contributed by atoms with Crippen LogP contribution in [0.1, 0.15) is 31.1 Å². The first kappa shape index (κ1) is 19.2. The molecule has 7 nitrogen and oxygen atoms in total. The molecular formula is C19H23N3O4. The van der Waals surface area contributed by atoms with Gasteiger partial charge in [0.1, 0.15) is 18.0 Å². The Bertz CT molecular complexity index is 742. The number of carbonyl (C=O) groups is 2. The van der Waals surface area contributed by atoms with Crippen molar-refractivity contribution < 1.29 is 19.1 Å². The summed E-state index contributed by atoms with van der Waals surface area (Å²) >= 11 is 0. The minimum Gasteiger partial charge on any atom is -0.492 e. The van der Waals surface area contributed by atoms with Crippen molar-refractivity contribution in [1.82, 2.24) is 10.3 Å². The van der Waals surface area contributed by atoms with E-state index in [1.807, 2.05) is 0 Å². The molecule has 0 saturated carbocycles. The lowest BCUT2D eigenvalue weighted by atomic mass is 10.2. The normalized spacial score (nSPS) is 10.7. The van der Waals surface area contributed by atoms with Crippen LogP contribution in [0.5, 0.6) is 5.75 Å². The third-order valence-corrected chi connectivity index (χ3v) is 3.08. The van der Waals surface area contributed by atoms with Crippen molar-refractivity contribution in [2.75, 3.05) is 18.5 Å². The SMILES string of the molecule is CC(C)(C)OC(=O)Nc1cccc(OCCNC(=O)c2ccncc2)c1. The first-order chi connectivity index (χ1) is 12.3. The van der Waals surface area contributed by atoms with Crippen LogP contribution in [0, 0.1) is 0 Å². The van der Waals surface area contributed by atoms with Crippen LogP contribution in [0.2, 0.25) is 0 Å². The Morgan fingerprint density at radius 3 is 2.54 bits per heavy atom. The number of amides is 2. The van der Waals surface area contributed by atoms with Crippen molar-refractivity contribution in [3.63, 3.8) is 0 Å². The van der Waals surface area contributed by atoms with Gasteiger partial charge in [-0.1, -0.05) is 6.07 Å². The average molecular weight is 357 g/mol. The van der Waals surface area contributed by atoms with Gasteiger partial charge < -0.3 is 14.8 Å². The van der Waals surface area contributed by atoms with E-state index in [1.165, 1.54) is 0 Å². The summed E-state index contributed by atoms with van der Waals surface area (Å²) in [5.74, 6) is 0.396. The maximum Gasteiger partial charge on any atom is 0.412 e. The van der Waals surface area contributed by atoms with Crippen molar-refractivity contribution in [3.8, 4) is 5.75 Å². The second kappa shape index (κ2) is 8.84. The van der Waals surface area contributed by atoms with Crippen molar-refractivity contribution in [2.45, 2.75) is 26.4 Å². The number of carbonyl (C=O) groups excluding carboxylic acids is 2. The van der Waals surface area contributed by atoms with Crippen LogP contribution < -0.4 is 15.4 Å². The van der Waals surface area contributed by atoms with Crippen LogP contribution in [-0.2, 0) is 4.74 Å². The van der Waals surface area contributed by atoms with Gasteiger partial charge in [-0.3, -0.25) is 15.1 Å². The van der Waals surface area contributed by atoms with E-state index >= 15 is 0 Å². The molecule has 2 aromatic rings. The predicted molar refractivity (Wildman–Crippen MR) is 98.4 cm³/mol. The molecule has 0 radical (unpaired) electrons. The van der Waals surface area contributed by atoms with Crippen molar-refractivity contribution in [1.29, 1.82) is 0 Å². The van der Waals surface area contributed by atoms with Gasteiger partial charge in [0.25, 0.3) is 5.91 Å². The number of pyridine rings is 1. The lowest BCUT2D eigenvalue weighted by molar-refractivity contribution is 0.0635. The molecule has 138 valence electrons. The van der Waals surface area contributed by atoms with Crippen LogP contribution in [0.4, 0.5) is 10.5 Å². The highest BCUT2D eigenvalue weighted by Crippen LogP contribution is 2.18. The second-order valence-electron chi connectivity index (χ2n) is 6.49. The molecule has 2 N–H and O–H groups in total. The maximum absolute atomic E-state index is 11.9. The van der Waals surface area contributed by atoms with Crippen LogP contribution in [0.3, 0.4) is 0 Å². The smallest absolute Gasteiger partial charge is 0.412 e. The Morgan fingerprint density at radius 2 is 1.85 bits per heavy atom. The number of rotatable bonds is 6. The van der Waals surface area contributed by atoms with Crippen molar-refractivity contribution in [3.05, 3.63) is 54.4 Å². The predicted octanol–water partition coefficient (Wildman–Crippen LogP) is 3.24. The molecule has 0 unspecified atom stereocenters. The number of aromatic nitrogens is 1. The van der Waals surface area contributed by atoms with Gasteiger partial charge in [-0.2, -0.15) is 0 Å². The van der Waals surface area contributed by atoms with E-state index in [0.717, 1.165) is 0 Å². The highest BCUT2D eigenvalue weighted by molar-refractivity contribution is 5.93. The van der Waals surface area contributed by atoms with Gasteiger partial charge in [0.15, 0.2) is 0 Å². The molecule has 0 fully saturated rings. The number of hydrogen-bond acceptors (Lipinski definition) is 5. The summed E-state index contributed by atoms with van der Waals surface area (Å²) in [7, 11) is 0. The lowest BCUT2D eigenvalue weighted by Gasteiger charge is -2.19. The second-order valence-corrected chi connectivity index (χ2v) is 6.49. The molecule has 26 heavy (non-hydrogen) atoms. The van der Waals surface area contributed by atoms with Gasteiger partial charge in [-0.25, -0.2) is 4.79 Å². The molecule has 1 aromatic heterocycles. The van der Waals surface area contributed by atoms with E-state index < -0.39 is 11.7 Å². The Morgan fingerprint density at radius 1 is 1.12 bits per heavy atom. The maximum atomic E-state index is 11.9. The molecule has 0 saturated heterocycles. The molecule has 0 spiro atoms. The Balaban J connectivity index is 1.78. The Kier molecular flexibility index (Phi) is 6.54. The van der Waals surface area contributed by atoms with Gasteiger partial charge in [-0.05, 0) is 45.0 Å². The zero-order valence-corrected chi connectivity index (χ0v) is 15.1. The third kappa shape index (κ3) is 6.80. The molecule has 0 aliphatic carbocycles. The van der Waals surface area contributed by atoms with Crippen LogP contribution in [-0.4, -0.2) is 35.7 Å². The van der Waals surface area contributed by atoms with Crippen LogP contribution >= 0.6 is 0 Å². The zero-order valence-electron chi connectivity index (χ0n) is 15.1. The number of benzene rings is 1. The quantitative estimate of drug-likeness (QED) is 0.775. The van der Waals surface area contributed by atoms with Crippen LogP contribution in [0.15, 0.2) is 48.8 Å². The van der Waals surface area contributed by atoms with E-state index in [-0.39, 0.29) is 5.91 Å². The standard InChI is InChI=1S/C19H23N3O4/c1-19(2,3)26-18(24)22-15-5-4-6-16(13-15)25-12-11-21-17(23)14-7-9-20-10-8-14/h4-10,13H,11-12H2,1-3H3,(H,21,23)(H,22,24). The monoisotopic (exact) mass is 357 g/mol. The third-order valence-electron chi connectivity index (χ3n) is 3.08. The van der Waals surface area contributed by atoms with Crippen LogP contribution in [0.25, 0.3) is 0 Å². The van der Waals surface area contributed by atoms with E-state index in [0.29, 0.717) is 30.2 Å². The van der Waals surface area contributed by atoms with Gasteiger partial charge in [0.05, 0.1) is 6.54 Å². The van der Waals surface area contributed by atoms with E-state index in [4.69, 9.17) is 9.47 Å². The molecule has 1 heterocycles. The van der Waals surface area contributed by atoms with Crippen molar-refractivity contribution >= 4 is 17.7 Å². The number of nitrogens with zero attached hydrogens (tertiary/aromatic N) is 1. The number of anilines is 1. The summed E-state index contributed by atoms with van der Waals surface area (Å²) in [5, 5.41) is 5.41. The van der Waals surface area contributed by atoms with Gasteiger partial charge in [0.2, 0.25) is 0 Å². The molecule has 0 bridgehead atoms. The first-order valence-electron chi connectivity index (χ1n) is 8.24. The first-order valence-corrected chi connectivity index (χ1v) is 8.24. The summed E-state index contributed by atoms with van der Waals surface area (Å²) < 4.78 is 10.8. The van der Waals surface area contributed by atoms with Gasteiger partial charge in [0, 0.05) is 29.7 Å². The Labute approximate surface area is 152 Å². The fraction of sp³-hybridized carbons (Fsp3) is 0.316. The number of ether oxygens (including phenoxy) is 2. The van der Waals surface area contributed by atoms with E-state index in [1.54, 1.807) is 69.6 Å².